The van der Waals surface area contributed by atoms with Gasteiger partial charge in [-0.2, -0.15) is 0 Å². The first kappa shape index (κ1) is 10.4. The summed E-state index contributed by atoms with van der Waals surface area (Å²) in [5.74, 6) is 1.54. The quantitative estimate of drug-likeness (QED) is 0.713. The molecule has 3 rings (SSSR count). The Bertz CT molecular complexity index is 531. The third-order valence-electron chi connectivity index (χ3n) is 3.52. The van der Waals surface area contributed by atoms with Gasteiger partial charge in [0.05, 0.1) is 6.61 Å². The normalized spacial score (nSPS) is 18.3. The van der Waals surface area contributed by atoms with E-state index in [1.54, 1.807) is 0 Å². The average molecular weight is 224 g/mol. The molecule has 17 heavy (non-hydrogen) atoms. The van der Waals surface area contributed by atoms with E-state index in [1.165, 1.54) is 16.7 Å². The van der Waals surface area contributed by atoms with Crippen LogP contribution in [0.4, 0.5) is 0 Å². The summed E-state index contributed by atoms with van der Waals surface area (Å²) in [5.41, 5.74) is 4.13. The second-order valence-corrected chi connectivity index (χ2v) is 4.58. The molecule has 1 unspecified atom stereocenters. The highest BCUT2D eigenvalue weighted by Crippen LogP contribution is 2.38. The molecule has 0 spiro atoms. The fourth-order valence-corrected chi connectivity index (χ4v) is 2.64. The summed E-state index contributed by atoms with van der Waals surface area (Å²) < 4.78 is 5.72. The van der Waals surface area contributed by atoms with Crippen LogP contribution in [-0.4, -0.2) is 6.61 Å². The minimum absolute atomic E-state index is 0.487. The van der Waals surface area contributed by atoms with Crippen LogP contribution in [-0.2, 0) is 0 Å². The Morgan fingerprint density at radius 1 is 0.941 bits per heavy atom. The van der Waals surface area contributed by atoms with Crippen LogP contribution in [0, 0.1) is 6.92 Å². The van der Waals surface area contributed by atoms with Gasteiger partial charge in [0, 0.05) is 11.5 Å². The monoisotopic (exact) mass is 224 g/mol. The largest absolute Gasteiger partial charge is 0.493 e. The van der Waals surface area contributed by atoms with Crippen molar-refractivity contribution in [2.45, 2.75) is 19.3 Å². The molecule has 86 valence electrons. The van der Waals surface area contributed by atoms with Crippen molar-refractivity contribution in [1.82, 2.24) is 0 Å². The molecule has 2 aromatic carbocycles. The molecule has 1 heterocycles. The molecular formula is C16H16O. The molecule has 0 aliphatic carbocycles. The average Bonchev–Trinajstić information content (AvgIpc) is 2.39. The molecule has 0 radical (unpaired) electrons. The van der Waals surface area contributed by atoms with E-state index >= 15 is 0 Å². The number of ether oxygens (including phenoxy) is 1. The highest BCUT2D eigenvalue weighted by molar-refractivity contribution is 5.45. The minimum Gasteiger partial charge on any atom is -0.493 e. The van der Waals surface area contributed by atoms with Crippen LogP contribution in [0.15, 0.2) is 48.5 Å². The first-order chi connectivity index (χ1) is 8.36. The topological polar surface area (TPSA) is 9.23 Å². The van der Waals surface area contributed by atoms with Gasteiger partial charge in [-0.05, 0) is 30.5 Å². The summed E-state index contributed by atoms with van der Waals surface area (Å²) in [5, 5.41) is 0. The molecule has 1 nitrogen and oxygen atoms in total. The third kappa shape index (κ3) is 1.82. The van der Waals surface area contributed by atoms with E-state index in [-0.39, 0.29) is 0 Å². The predicted octanol–water partition coefficient (Wildman–Crippen LogP) is 3.91. The second-order valence-electron chi connectivity index (χ2n) is 4.58. The number of aryl methyl sites for hydroxylation is 1. The Morgan fingerprint density at radius 3 is 2.47 bits per heavy atom. The van der Waals surface area contributed by atoms with Gasteiger partial charge in [0.15, 0.2) is 0 Å². The van der Waals surface area contributed by atoms with Gasteiger partial charge in [-0.1, -0.05) is 42.5 Å². The zero-order valence-electron chi connectivity index (χ0n) is 10.0. The SMILES string of the molecule is Cc1ccccc1C1CCOc2ccccc21. The van der Waals surface area contributed by atoms with Crippen LogP contribution >= 0.6 is 0 Å². The van der Waals surface area contributed by atoms with Gasteiger partial charge in [-0.25, -0.2) is 0 Å². The standard InChI is InChI=1S/C16H16O/c1-12-6-2-3-7-13(12)14-10-11-17-16-9-5-4-8-15(14)16/h2-9,14H,10-11H2,1H3. The highest BCUT2D eigenvalue weighted by Gasteiger charge is 2.23. The molecule has 1 atom stereocenters. The van der Waals surface area contributed by atoms with E-state index < -0.39 is 0 Å². The van der Waals surface area contributed by atoms with Crippen molar-refractivity contribution in [2.24, 2.45) is 0 Å². The minimum atomic E-state index is 0.487. The second kappa shape index (κ2) is 4.25. The van der Waals surface area contributed by atoms with Crippen LogP contribution < -0.4 is 4.74 Å². The lowest BCUT2D eigenvalue weighted by Gasteiger charge is -2.27. The molecule has 0 N–H and O–H groups in total. The van der Waals surface area contributed by atoms with Crippen LogP contribution in [0.5, 0.6) is 5.75 Å². The van der Waals surface area contributed by atoms with Crippen LogP contribution in [0.25, 0.3) is 0 Å². The molecular weight excluding hydrogens is 208 g/mol. The number of rotatable bonds is 1. The number of para-hydroxylation sites is 1. The molecule has 0 saturated heterocycles. The zero-order chi connectivity index (χ0) is 11.7. The van der Waals surface area contributed by atoms with Gasteiger partial charge in [-0.3, -0.25) is 0 Å². The van der Waals surface area contributed by atoms with Gasteiger partial charge in [-0.15, -0.1) is 0 Å². The Hall–Kier alpha value is -1.76. The van der Waals surface area contributed by atoms with E-state index in [2.05, 4.69) is 49.4 Å². The Balaban J connectivity index is 2.09. The molecule has 0 fully saturated rings. The van der Waals surface area contributed by atoms with Gasteiger partial charge in [0.1, 0.15) is 5.75 Å². The summed E-state index contributed by atoms with van der Waals surface area (Å²) in [6.07, 6.45) is 1.07. The summed E-state index contributed by atoms with van der Waals surface area (Å²) in [4.78, 5) is 0. The molecule has 0 amide bonds. The predicted molar refractivity (Wildman–Crippen MR) is 69.6 cm³/mol. The van der Waals surface area contributed by atoms with Crippen molar-refractivity contribution < 1.29 is 4.74 Å². The molecule has 0 saturated carbocycles. The lowest BCUT2D eigenvalue weighted by Crippen LogP contribution is -2.15. The third-order valence-corrected chi connectivity index (χ3v) is 3.52. The fraction of sp³-hybridized carbons (Fsp3) is 0.250. The van der Waals surface area contributed by atoms with E-state index in [0.717, 1.165) is 18.8 Å². The van der Waals surface area contributed by atoms with Crippen molar-refractivity contribution >= 4 is 0 Å². The van der Waals surface area contributed by atoms with E-state index in [4.69, 9.17) is 4.74 Å². The van der Waals surface area contributed by atoms with Gasteiger partial charge < -0.3 is 4.74 Å². The summed E-state index contributed by atoms with van der Waals surface area (Å²) in [7, 11) is 0. The summed E-state index contributed by atoms with van der Waals surface area (Å²) in [6.45, 7) is 3.00. The molecule has 1 heteroatoms. The number of benzene rings is 2. The highest BCUT2D eigenvalue weighted by atomic mass is 16.5. The Labute approximate surface area is 102 Å². The van der Waals surface area contributed by atoms with Crippen LogP contribution in [0.1, 0.15) is 29.0 Å². The number of hydrogen-bond acceptors (Lipinski definition) is 1. The summed E-state index contributed by atoms with van der Waals surface area (Å²) in [6, 6.07) is 17.0. The zero-order valence-corrected chi connectivity index (χ0v) is 10.0. The van der Waals surface area contributed by atoms with Gasteiger partial charge in [0.25, 0.3) is 0 Å². The molecule has 0 aromatic heterocycles. The fourth-order valence-electron chi connectivity index (χ4n) is 2.64. The number of hydrogen-bond donors (Lipinski definition) is 0. The molecule has 0 bridgehead atoms. The van der Waals surface area contributed by atoms with Crippen molar-refractivity contribution in [3.8, 4) is 5.75 Å². The number of fused-ring (bicyclic) bond motifs is 1. The van der Waals surface area contributed by atoms with Gasteiger partial charge >= 0.3 is 0 Å². The Kier molecular flexibility index (Phi) is 2.60. The first-order valence-electron chi connectivity index (χ1n) is 6.13. The van der Waals surface area contributed by atoms with Crippen molar-refractivity contribution in [1.29, 1.82) is 0 Å². The van der Waals surface area contributed by atoms with Crippen molar-refractivity contribution in [3.05, 3.63) is 65.2 Å². The molecule has 1 aliphatic rings. The maximum Gasteiger partial charge on any atom is 0.123 e. The van der Waals surface area contributed by atoms with E-state index in [1.807, 2.05) is 6.07 Å². The Morgan fingerprint density at radius 2 is 1.65 bits per heavy atom. The van der Waals surface area contributed by atoms with Crippen LogP contribution in [0.2, 0.25) is 0 Å². The van der Waals surface area contributed by atoms with Crippen molar-refractivity contribution in [2.75, 3.05) is 6.61 Å². The smallest absolute Gasteiger partial charge is 0.123 e. The van der Waals surface area contributed by atoms with E-state index in [0.29, 0.717) is 5.92 Å². The maximum atomic E-state index is 5.72. The van der Waals surface area contributed by atoms with Crippen LogP contribution in [0.3, 0.4) is 0 Å². The van der Waals surface area contributed by atoms with Crippen molar-refractivity contribution in [3.63, 3.8) is 0 Å². The first-order valence-corrected chi connectivity index (χ1v) is 6.13. The van der Waals surface area contributed by atoms with E-state index in [9.17, 15) is 0 Å². The lowest BCUT2D eigenvalue weighted by molar-refractivity contribution is 0.277. The molecule has 1 aliphatic heterocycles. The lowest BCUT2D eigenvalue weighted by atomic mass is 9.84. The molecule has 2 aromatic rings. The maximum absolute atomic E-state index is 5.72. The summed E-state index contributed by atoms with van der Waals surface area (Å²) >= 11 is 0. The van der Waals surface area contributed by atoms with Gasteiger partial charge in [0.2, 0.25) is 0 Å².